The number of hydrogen-bond donors (Lipinski definition) is 1. The third-order valence-electron chi connectivity index (χ3n) is 5.74. The van der Waals surface area contributed by atoms with Gasteiger partial charge in [-0.3, -0.25) is 4.79 Å². The number of aromatic nitrogens is 3. The van der Waals surface area contributed by atoms with Crippen LogP contribution < -0.4 is 10.2 Å². The maximum atomic E-state index is 13.9. The predicted molar refractivity (Wildman–Crippen MR) is 125 cm³/mol. The first kappa shape index (κ1) is 21.7. The standard InChI is InChI=1S/C23H23F2N5O2S/c1-13(2)21(30-12-26-18-10-15(24)16(25)11-19(18)30)22(31)27-14-3-4-17-20(9-14)33-23(28-17)29-5-7-32-8-6-29/h3-4,9-13,21H,5-8H2,1-2H3,(H,27,31). The van der Waals surface area contributed by atoms with Crippen molar-refractivity contribution >= 4 is 49.3 Å². The molecule has 5 rings (SSSR count). The van der Waals surface area contributed by atoms with Crippen LogP contribution >= 0.6 is 11.3 Å². The Morgan fingerprint density at radius 2 is 1.88 bits per heavy atom. The molecule has 0 radical (unpaired) electrons. The molecule has 0 saturated carbocycles. The minimum atomic E-state index is -0.973. The number of hydrogen-bond acceptors (Lipinski definition) is 6. The normalized spacial score (nSPS) is 15.5. The third kappa shape index (κ3) is 4.16. The van der Waals surface area contributed by atoms with Crippen molar-refractivity contribution in [1.82, 2.24) is 14.5 Å². The summed E-state index contributed by atoms with van der Waals surface area (Å²) in [5.41, 5.74) is 2.19. The maximum Gasteiger partial charge on any atom is 0.247 e. The third-order valence-corrected chi connectivity index (χ3v) is 6.82. The first-order chi connectivity index (χ1) is 15.9. The number of imidazole rings is 1. The lowest BCUT2D eigenvalue weighted by Gasteiger charge is -2.25. The number of thiazole rings is 1. The number of nitrogens with one attached hydrogen (secondary N) is 1. The highest BCUT2D eigenvalue weighted by atomic mass is 32.1. The van der Waals surface area contributed by atoms with Crippen LogP contribution in [-0.2, 0) is 9.53 Å². The van der Waals surface area contributed by atoms with Crippen LogP contribution in [0.15, 0.2) is 36.7 Å². The Morgan fingerprint density at radius 3 is 2.64 bits per heavy atom. The van der Waals surface area contributed by atoms with Gasteiger partial charge < -0.3 is 19.5 Å². The molecule has 2 aromatic carbocycles. The van der Waals surface area contributed by atoms with Crippen LogP contribution in [0.2, 0.25) is 0 Å². The molecule has 33 heavy (non-hydrogen) atoms. The Balaban J connectivity index is 1.41. The van der Waals surface area contributed by atoms with E-state index in [0.29, 0.717) is 29.9 Å². The van der Waals surface area contributed by atoms with Gasteiger partial charge in [0.15, 0.2) is 16.8 Å². The molecule has 1 aliphatic heterocycles. The zero-order valence-corrected chi connectivity index (χ0v) is 19.0. The quantitative estimate of drug-likeness (QED) is 0.461. The molecule has 1 saturated heterocycles. The summed E-state index contributed by atoms with van der Waals surface area (Å²) in [5.74, 6) is -2.31. The van der Waals surface area contributed by atoms with Gasteiger partial charge in [0.2, 0.25) is 5.91 Å². The SMILES string of the molecule is CC(C)C(C(=O)Nc1ccc2nc(N3CCOCC3)sc2c1)n1cnc2cc(F)c(F)cc21. The van der Waals surface area contributed by atoms with Crippen molar-refractivity contribution in [1.29, 1.82) is 0 Å². The monoisotopic (exact) mass is 471 g/mol. The highest BCUT2D eigenvalue weighted by Crippen LogP contribution is 2.32. The van der Waals surface area contributed by atoms with Gasteiger partial charge in [0, 0.05) is 30.9 Å². The van der Waals surface area contributed by atoms with Gasteiger partial charge in [-0.15, -0.1) is 0 Å². The van der Waals surface area contributed by atoms with Gasteiger partial charge in [-0.05, 0) is 24.1 Å². The van der Waals surface area contributed by atoms with Crippen LogP contribution in [0.5, 0.6) is 0 Å². The number of carbonyl (C=O) groups is 1. The predicted octanol–water partition coefficient (Wildman–Crippen LogP) is 4.60. The van der Waals surface area contributed by atoms with E-state index in [4.69, 9.17) is 9.72 Å². The van der Waals surface area contributed by atoms with Crippen LogP contribution in [0.4, 0.5) is 19.6 Å². The van der Waals surface area contributed by atoms with Crippen molar-refractivity contribution in [2.75, 3.05) is 36.5 Å². The highest BCUT2D eigenvalue weighted by Gasteiger charge is 2.27. The Morgan fingerprint density at radius 1 is 1.12 bits per heavy atom. The molecule has 0 aliphatic carbocycles. The summed E-state index contributed by atoms with van der Waals surface area (Å²) in [4.78, 5) is 24.3. The zero-order valence-electron chi connectivity index (χ0n) is 18.2. The lowest BCUT2D eigenvalue weighted by atomic mass is 10.0. The number of morpholine rings is 1. The number of rotatable bonds is 5. The molecule has 0 bridgehead atoms. The summed E-state index contributed by atoms with van der Waals surface area (Å²) in [6.45, 7) is 6.79. The minimum Gasteiger partial charge on any atom is -0.378 e. The summed E-state index contributed by atoms with van der Waals surface area (Å²) in [6, 6.07) is 7.09. The zero-order chi connectivity index (χ0) is 23.1. The summed E-state index contributed by atoms with van der Waals surface area (Å²) >= 11 is 1.58. The molecule has 1 aliphatic rings. The number of ether oxygens (including phenoxy) is 1. The maximum absolute atomic E-state index is 13.9. The number of nitrogens with zero attached hydrogens (tertiary/aromatic N) is 4. The molecule has 172 valence electrons. The van der Waals surface area contributed by atoms with E-state index in [-0.39, 0.29) is 11.8 Å². The molecule has 1 fully saturated rings. The van der Waals surface area contributed by atoms with Crippen molar-refractivity contribution < 1.29 is 18.3 Å². The van der Waals surface area contributed by atoms with E-state index in [1.807, 2.05) is 32.0 Å². The van der Waals surface area contributed by atoms with Gasteiger partial charge in [-0.1, -0.05) is 25.2 Å². The van der Waals surface area contributed by atoms with E-state index in [0.717, 1.165) is 40.6 Å². The molecule has 1 unspecified atom stereocenters. The second-order valence-electron chi connectivity index (χ2n) is 8.36. The minimum absolute atomic E-state index is 0.115. The first-order valence-corrected chi connectivity index (χ1v) is 11.6. The molecule has 0 spiro atoms. The van der Waals surface area contributed by atoms with E-state index in [9.17, 15) is 13.6 Å². The van der Waals surface area contributed by atoms with Gasteiger partial charge in [-0.2, -0.15) is 0 Å². The molecule has 1 amide bonds. The summed E-state index contributed by atoms with van der Waals surface area (Å²) in [5, 5.41) is 3.91. The average Bonchev–Trinajstić information content (AvgIpc) is 3.39. The van der Waals surface area contributed by atoms with E-state index >= 15 is 0 Å². The van der Waals surface area contributed by atoms with Gasteiger partial charge in [0.25, 0.3) is 0 Å². The Kier molecular flexibility index (Phi) is 5.71. The van der Waals surface area contributed by atoms with Gasteiger partial charge >= 0.3 is 0 Å². The number of halogens is 2. The number of carbonyl (C=O) groups excluding carboxylic acids is 1. The molecule has 7 nitrogen and oxygen atoms in total. The number of amides is 1. The first-order valence-electron chi connectivity index (χ1n) is 10.8. The molecule has 1 atom stereocenters. The Hall–Kier alpha value is -3.11. The molecule has 2 aromatic heterocycles. The lowest BCUT2D eigenvalue weighted by Crippen LogP contribution is -2.36. The smallest absolute Gasteiger partial charge is 0.247 e. The van der Waals surface area contributed by atoms with Crippen LogP contribution in [0.25, 0.3) is 21.3 Å². The molecule has 1 N–H and O–H groups in total. The topological polar surface area (TPSA) is 72.3 Å². The largest absolute Gasteiger partial charge is 0.378 e. The van der Waals surface area contributed by atoms with E-state index < -0.39 is 17.7 Å². The summed E-state index contributed by atoms with van der Waals surface area (Å²) < 4.78 is 35.4. The molecular formula is C23H23F2N5O2S. The number of fused-ring (bicyclic) bond motifs is 2. The molecule has 3 heterocycles. The number of benzene rings is 2. The average molecular weight is 472 g/mol. The number of anilines is 2. The van der Waals surface area contributed by atoms with E-state index in [2.05, 4.69) is 15.2 Å². The summed E-state index contributed by atoms with van der Waals surface area (Å²) in [7, 11) is 0. The molecule has 4 aromatic rings. The fraction of sp³-hybridized carbons (Fsp3) is 0.348. The van der Waals surface area contributed by atoms with Crippen LogP contribution in [-0.4, -0.2) is 46.7 Å². The second-order valence-corrected chi connectivity index (χ2v) is 9.37. The van der Waals surface area contributed by atoms with Crippen LogP contribution in [0, 0.1) is 17.6 Å². The molecular weight excluding hydrogens is 448 g/mol. The van der Waals surface area contributed by atoms with Gasteiger partial charge in [0.05, 0.1) is 40.8 Å². The van der Waals surface area contributed by atoms with Crippen molar-refractivity contribution in [2.24, 2.45) is 5.92 Å². The van der Waals surface area contributed by atoms with Crippen LogP contribution in [0.1, 0.15) is 19.9 Å². The Bertz CT molecular complexity index is 1330. The van der Waals surface area contributed by atoms with Gasteiger partial charge in [-0.25, -0.2) is 18.7 Å². The highest BCUT2D eigenvalue weighted by molar-refractivity contribution is 7.22. The van der Waals surface area contributed by atoms with Crippen LogP contribution in [0.3, 0.4) is 0 Å². The van der Waals surface area contributed by atoms with Crippen molar-refractivity contribution in [3.63, 3.8) is 0 Å². The van der Waals surface area contributed by atoms with E-state index in [1.54, 1.807) is 15.9 Å². The van der Waals surface area contributed by atoms with Crippen molar-refractivity contribution in [3.8, 4) is 0 Å². The molecule has 10 heteroatoms. The summed E-state index contributed by atoms with van der Waals surface area (Å²) in [6.07, 6.45) is 1.45. The van der Waals surface area contributed by atoms with E-state index in [1.165, 1.54) is 6.33 Å². The lowest BCUT2D eigenvalue weighted by molar-refractivity contribution is -0.120. The van der Waals surface area contributed by atoms with Gasteiger partial charge in [0.1, 0.15) is 6.04 Å². The van der Waals surface area contributed by atoms with Crippen molar-refractivity contribution in [2.45, 2.75) is 19.9 Å². The fourth-order valence-electron chi connectivity index (χ4n) is 4.09. The Labute approximate surface area is 193 Å². The second kappa shape index (κ2) is 8.68. The van der Waals surface area contributed by atoms with Crippen molar-refractivity contribution in [3.05, 3.63) is 48.3 Å². The fourth-order valence-corrected chi connectivity index (χ4v) is 5.15.